The van der Waals surface area contributed by atoms with Crippen LogP contribution in [0, 0.1) is 41.4 Å². The standard InChI is InChI=1S/C8H10/c1-2-3-5-6(3)8-4(2)7(5)8/h2-8H,1H3. The molecule has 5 aliphatic rings. The Morgan fingerprint density at radius 3 is 1.12 bits per heavy atom. The summed E-state index contributed by atoms with van der Waals surface area (Å²) in [5.74, 6) is 8.85. The van der Waals surface area contributed by atoms with E-state index in [9.17, 15) is 0 Å². The van der Waals surface area contributed by atoms with Crippen LogP contribution in [0.15, 0.2) is 0 Å². The van der Waals surface area contributed by atoms with Crippen molar-refractivity contribution in [2.45, 2.75) is 6.92 Å². The van der Waals surface area contributed by atoms with Gasteiger partial charge in [-0.2, -0.15) is 0 Å². The first-order valence-corrected chi connectivity index (χ1v) is 3.91. The molecule has 0 heteroatoms. The van der Waals surface area contributed by atoms with Gasteiger partial charge < -0.3 is 0 Å². The summed E-state index contributed by atoms with van der Waals surface area (Å²) in [6.07, 6.45) is 0. The Bertz CT molecular complexity index is 140. The second-order valence-electron chi connectivity index (χ2n) is 4.32. The highest BCUT2D eigenvalue weighted by Crippen LogP contribution is 2.93. The summed E-state index contributed by atoms with van der Waals surface area (Å²) in [6, 6.07) is 0. The lowest BCUT2D eigenvalue weighted by Gasteiger charge is -2.03. The van der Waals surface area contributed by atoms with Gasteiger partial charge in [-0.05, 0) is 41.4 Å². The van der Waals surface area contributed by atoms with Crippen LogP contribution in [0.5, 0.6) is 0 Å². The zero-order chi connectivity index (χ0) is 5.04. The summed E-state index contributed by atoms with van der Waals surface area (Å²) in [5.41, 5.74) is 0. The fourth-order valence-corrected chi connectivity index (χ4v) is 4.34. The van der Waals surface area contributed by atoms with E-state index < -0.39 is 0 Å². The van der Waals surface area contributed by atoms with Gasteiger partial charge >= 0.3 is 0 Å². The lowest BCUT2D eigenvalue weighted by Crippen LogP contribution is -2.00. The Morgan fingerprint density at radius 2 is 1.00 bits per heavy atom. The number of rotatable bonds is 0. The first kappa shape index (κ1) is 3.24. The average Bonchev–Trinajstić information content (AvgIpc) is 2.34. The van der Waals surface area contributed by atoms with Gasteiger partial charge in [0, 0.05) is 0 Å². The molecule has 5 saturated carbocycles. The van der Waals surface area contributed by atoms with Gasteiger partial charge in [0.15, 0.2) is 0 Å². The van der Waals surface area contributed by atoms with Gasteiger partial charge in [0.05, 0.1) is 0 Å². The summed E-state index contributed by atoms with van der Waals surface area (Å²) in [4.78, 5) is 0. The van der Waals surface area contributed by atoms with E-state index in [0.717, 1.165) is 0 Å². The Morgan fingerprint density at radius 1 is 0.625 bits per heavy atom. The van der Waals surface area contributed by atoms with Gasteiger partial charge in [0.25, 0.3) is 0 Å². The Labute approximate surface area is 49.3 Å². The molecule has 5 aliphatic carbocycles. The molecule has 0 aliphatic heterocycles. The molecule has 5 rings (SSSR count). The summed E-state index contributed by atoms with van der Waals surface area (Å²) < 4.78 is 0. The third kappa shape index (κ3) is 0.116. The van der Waals surface area contributed by atoms with E-state index in [1.54, 1.807) is 0 Å². The van der Waals surface area contributed by atoms with Crippen LogP contribution >= 0.6 is 0 Å². The molecule has 0 unspecified atom stereocenters. The van der Waals surface area contributed by atoms with Crippen molar-refractivity contribution in [3.05, 3.63) is 0 Å². The molecular formula is C8H10. The summed E-state index contributed by atoms with van der Waals surface area (Å²) in [7, 11) is 0. The van der Waals surface area contributed by atoms with Crippen LogP contribution in [0.4, 0.5) is 0 Å². The van der Waals surface area contributed by atoms with E-state index in [4.69, 9.17) is 0 Å². The van der Waals surface area contributed by atoms with Crippen LogP contribution in [0.3, 0.4) is 0 Å². The molecule has 0 spiro atoms. The first-order valence-electron chi connectivity index (χ1n) is 3.91. The van der Waals surface area contributed by atoms with Gasteiger partial charge in [-0.15, -0.1) is 0 Å². The van der Waals surface area contributed by atoms with Crippen LogP contribution in [0.25, 0.3) is 0 Å². The van der Waals surface area contributed by atoms with E-state index in [1.807, 2.05) is 0 Å². The zero-order valence-electron chi connectivity index (χ0n) is 5.04. The molecule has 0 aromatic heterocycles. The van der Waals surface area contributed by atoms with E-state index >= 15 is 0 Å². The van der Waals surface area contributed by atoms with E-state index in [1.165, 1.54) is 41.4 Å². The van der Waals surface area contributed by atoms with Crippen LogP contribution < -0.4 is 0 Å². The SMILES string of the molecule is CC1C2C3C2C2C1C32. The maximum atomic E-state index is 2.48. The maximum absolute atomic E-state index is 2.48. The van der Waals surface area contributed by atoms with Crippen LogP contribution in [0.1, 0.15) is 6.92 Å². The molecule has 0 amide bonds. The monoisotopic (exact) mass is 106 g/mol. The molecular weight excluding hydrogens is 96.1 g/mol. The molecule has 0 N–H and O–H groups in total. The minimum Gasteiger partial charge on any atom is -0.0619 e. The molecule has 0 atom stereocenters. The van der Waals surface area contributed by atoms with Crippen molar-refractivity contribution in [2.75, 3.05) is 0 Å². The second-order valence-corrected chi connectivity index (χ2v) is 4.32. The molecule has 8 heavy (non-hydrogen) atoms. The molecule has 0 aromatic carbocycles. The fraction of sp³-hybridized carbons (Fsp3) is 1.00. The lowest BCUT2D eigenvalue weighted by atomic mass is 10.0. The van der Waals surface area contributed by atoms with Crippen LogP contribution in [0.2, 0.25) is 0 Å². The molecule has 0 radical (unpaired) electrons. The van der Waals surface area contributed by atoms with Gasteiger partial charge in [0.1, 0.15) is 0 Å². The molecule has 2 bridgehead atoms. The number of hydrogen-bond acceptors (Lipinski definition) is 0. The third-order valence-corrected chi connectivity index (χ3v) is 4.49. The normalized spacial score (nSPS) is 94.9. The van der Waals surface area contributed by atoms with Crippen molar-refractivity contribution in [3.63, 3.8) is 0 Å². The van der Waals surface area contributed by atoms with Gasteiger partial charge in [-0.1, -0.05) is 6.92 Å². The minimum atomic E-state index is 1.17. The fourth-order valence-electron chi connectivity index (χ4n) is 4.34. The highest BCUT2D eigenvalue weighted by molar-refractivity contribution is 5.37. The predicted octanol–water partition coefficient (Wildman–Crippen LogP) is 1.37. The molecule has 0 aromatic rings. The predicted molar refractivity (Wildman–Crippen MR) is 30.1 cm³/mol. The second kappa shape index (κ2) is 0.571. The van der Waals surface area contributed by atoms with Crippen molar-refractivity contribution in [2.24, 2.45) is 41.4 Å². The Kier molecular flexibility index (Phi) is 0.231. The van der Waals surface area contributed by atoms with Crippen molar-refractivity contribution < 1.29 is 0 Å². The van der Waals surface area contributed by atoms with Gasteiger partial charge in [-0.25, -0.2) is 0 Å². The Balaban J connectivity index is 2.06. The summed E-state index contributed by atoms with van der Waals surface area (Å²) in [5, 5.41) is 0. The highest BCUT2D eigenvalue weighted by atomic mass is 14.9. The van der Waals surface area contributed by atoms with E-state index in [0.29, 0.717) is 0 Å². The van der Waals surface area contributed by atoms with Crippen molar-refractivity contribution in [1.29, 1.82) is 0 Å². The van der Waals surface area contributed by atoms with Crippen molar-refractivity contribution in [1.82, 2.24) is 0 Å². The topological polar surface area (TPSA) is 0 Å². The van der Waals surface area contributed by atoms with Crippen LogP contribution in [-0.4, -0.2) is 0 Å². The third-order valence-electron chi connectivity index (χ3n) is 4.49. The van der Waals surface area contributed by atoms with Crippen molar-refractivity contribution >= 4 is 0 Å². The average molecular weight is 106 g/mol. The molecule has 0 saturated heterocycles. The van der Waals surface area contributed by atoms with Crippen LogP contribution in [-0.2, 0) is 0 Å². The Hall–Kier alpha value is 0. The maximum Gasteiger partial charge on any atom is -0.0312 e. The lowest BCUT2D eigenvalue weighted by molar-refractivity contribution is 0.434. The first-order chi connectivity index (χ1) is 3.91. The minimum absolute atomic E-state index is 1.17. The molecule has 42 valence electrons. The summed E-state index contributed by atoms with van der Waals surface area (Å²) in [6.45, 7) is 2.48. The van der Waals surface area contributed by atoms with Gasteiger partial charge in [0.2, 0.25) is 0 Å². The zero-order valence-corrected chi connectivity index (χ0v) is 5.04. The molecule has 0 heterocycles. The molecule has 0 nitrogen and oxygen atoms in total. The van der Waals surface area contributed by atoms with E-state index in [2.05, 4.69) is 6.92 Å². The van der Waals surface area contributed by atoms with Gasteiger partial charge in [-0.3, -0.25) is 0 Å². The number of hydrogen-bond donors (Lipinski definition) is 0. The largest absolute Gasteiger partial charge is 0.0619 e. The van der Waals surface area contributed by atoms with E-state index in [-0.39, 0.29) is 0 Å². The van der Waals surface area contributed by atoms with Crippen molar-refractivity contribution in [3.8, 4) is 0 Å². The molecule has 5 fully saturated rings. The summed E-state index contributed by atoms with van der Waals surface area (Å²) >= 11 is 0. The quantitative estimate of drug-likeness (QED) is 0.437. The smallest absolute Gasteiger partial charge is 0.0312 e. The highest BCUT2D eigenvalue weighted by Gasteiger charge is 2.90.